The van der Waals surface area contributed by atoms with Crippen molar-refractivity contribution in [3.05, 3.63) is 54.1 Å². The number of hydroxylamine groups is 2. The fourth-order valence-electron chi connectivity index (χ4n) is 3.54. The molecule has 0 aliphatic carbocycles. The summed E-state index contributed by atoms with van der Waals surface area (Å²) in [6, 6.07) is 14.6. The zero-order valence-electron chi connectivity index (χ0n) is 18.4. The maximum absolute atomic E-state index is 12.1. The number of carbonyl (C=O) groups excluding carboxylic acids is 3. The van der Waals surface area contributed by atoms with E-state index >= 15 is 0 Å². The van der Waals surface area contributed by atoms with Crippen LogP contribution in [0.4, 0.5) is 4.79 Å². The molecule has 1 N–H and O–H groups in total. The smallest absolute Gasteiger partial charge is 0.327 e. The number of unbranched alkanes of at least 4 members (excludes halogenated alkanes) is 1. The molecule has 0 aromatic heterocycles. The molecule has 170 valence electrons. The summed E-state index contributed by atoms with van der Waals surface area (Å²) in [5.41, 5.74) is 3.47. The molecule has 2 aromatic carbocycles. The fourth-order valence-corrected chi connectivity index (χ4v) is 3.54. The van der Waals surface area contributed by atoms with E-state index in [1.54, 1.807) is 12.1 Å². The van der Waals surface area contributed by atoms with E-state index in [2.05, 4.69) is 31.2 Å². The number of hydrogen-bond donors (Lipinski definition) is 1. The number of amides is 4. The largest absolute Gasteiger partial charge is 0.491 e. The first-order valence-electron chi connectivity index (χ1n) is 10.7. The van der Waals surface area contributed by atoms with Crippen molar-refractivity contribution in [2.24, 2.45) is 0 Å². The molecule has 0 radical (unpaired) electrons. The molecule has 1 saturated heterocycles. The molecule has 8 nitrogen and oxygen atoms in total. The van der Waals surface area contributed by atoms with Crippen LogP contribution in [0.15, 0.2) is 48.5 Å². The number of imide groups is 1. The Morgan fingerprint density at radius 3 is 2.25 bits per heavy atom. The van der Waals surface area contributed by atoms with Gasteiger partial charge in [0.05, 0.1) is 6.54 Å². The van der Waals surface area contributed by atoms with Crippen molar-refractivity contribution in [1.29, 1.82) is 0 Å². The van der Waals surface area contributed by atoms with Crippen LogP contribution in [0.1, 0.15) is 25.3 Å². The molecule has 0 bridgehead atoms. The van der Waals surface area contributed by atoms with E-state index in [4.69, 9.17) is 4.74 Å². The lowest BCUT2D eigenvalue weighted by Crippen LogP contribution is -2.47. The third kappa shape index (κ3) is 5.64. The first-order valence-corrected chi connectivity index (χ1v) is 10.7. The van der Waals surface area contributed by atoms with Gasteiger partial charge in [0, 0.05) is 7.05 Å². The predicted octanol–water partition coefficient (Wildman–Crippen LogP) is 3.19. The average molecular weight is 440 g/mol. The second-order valence-electron chi connectivity index (χ2n) is 7.92. The quantitative estimate of drug-likeness (QED) is 0.251. The van der Waals surface area contributed by atoms with Gasteiger partial charge in [-0.15, -0.1) is 0 Å². The second kappa shape index (κ2) is 10.8. The molecule has 1 fully saturated rings. The molecule has 2 aromatic rings. The van der Waals surface area contributed by atoms with Crippen molar-refractivity contribution in [3.8, 4) is 16.9 Å². The number of hydrogen-bond acceptors (Lipinski definition) is 5. The number of rotatable bonds is 11. The zero-order chi connectivity index (χ0) is 23.1. The Morgan fingerprint density at radius 2 is 1.72 bits per heavy atom. The third-order valence-electron chi connectivity index (χ3n) is 5.51. The van der Waals surface area contributed by atoms with Crippen LogP contribution in [0, 0.1) is 0 Å². The van der Waals surface area contributed by atoms with Gasteiger partial charge < -0.3 is 9.64 Å². The highest BCUT2D eigenvalue weighted by Gasteiger charge is 2.36. The molecular weight excluding hydrogens is 410 g/mol. The first kappa shape index (κ1) is 23.3. The van der Waals surface area contributed by atoms with Gasteiger partial charge in [-0.25, -0.2) is 9.86 Å². The number of benzene rings is 2. The number of nitrogens with zero attached hydrogens (tertiary/aromatic N) is 3. The molecule has 1 heterocycles. The topological polar surface area (TPSA) is 90.4 Å². The first-order chi connectivity index (χ1) is 15.4. The number of ether oxygens (including phenoxy) is 1. The highest BCUT2D eigenvalue weighted by Crippen LogP contribution is 2.23. The third-order valence-corrected chi connectivity index (χ3v) is 5.51. The Bertz CT molecular complexity index is 930. The van der Waals surface area contributed by atoms with Crippen LogP contribution in [-0.2, 0) is 16.0 Å². The maximum Gasteiger partial charge on any atom is 0.327 e. The van der Waals surface area contributed by atoms with Gasteiger partial charge in [-0.3, -0.25) is 19.7 Å². The van der Waals surface area contributed by atoms with Crippen molar-refractivity contribution in [3.63, 3.8) is 0 Å². The molecular formula is C24H29N3O5. The highest BCUT2D eigenvalue weighted by molar-refractivity contribution is 6.01. The minimum atomic E-state index is -0.887. The van der Waals surface area contributed by atoms with Crippen molar-refractivity contribution < 1.29 is 24.3 Å². The molecule has 32 heavy (non-hydrogen) atoms. The van der Waals surface area contributed by atoms with Gasteiger partial charge in [0.25, 0.3) is 0 Å². The summed E-state index contributed by atoms with van der Waals surface area (Å²) in [5.74, 6) is 0.167. The summed E-state index contributed by atoms with van der Waals surface area (Å²) < 4.78 is 5.73. The Kier molecular flexibility index (Phi) is 7.83. The van der Waals surface area contributed by atoms with Gasteiger partial charge in [-0.1, -0.05) is 49.7 Å². The Hall–Kier alpha value is -3.39. The van der Waals surface area contributed by atoms with Gasteiger partial charge in [0.1, 0.15) is 24.9 Å². The Balaban J connectivity index is 1.61. The highest BCUT2D eigenvalue weighted by atomic mass is 16.5. The van der Waals surface area contributed by atoms with Crippen LogP contribution in [0.25, 0.3) is 11.1 Å². The molecule has 0 spiro atoms. The standard InChI is InChI=1S/C24H29N3O5/c1-3-4-5-18-6-8-19(9-7-18)20-10-12-22(13-11-20)32-16-21(27(31)17-28)14-26-23(29)15-25(2)24(26)30/h6-13,17,21,31H,3-5,14-16H2,1-2H3. The Morgan fingerprint density at radius 1 is 1.09 bits per heavy atom. The predicted molar refractivity (Wildman–Crippen MR) is 119 cm³/mol. The SMILES string of the molecule is CCCCc1ccc(-c2ccc(OCC(CN3C(=O)CN(C)C3=O)N(O)C=O)cc2)cc1. The molecule has 1 aliphatic heterocycles. The van der Waals surface area contributed by atoms with Gasteiger partial charge in [0.15, 0.2) is 0 Å². The summed E-state index contributed by atoms with van der Waals surface area (Å²) in [5, 5.41) is 10.3. The fraction of sp³-hybridized carbons (Fsp3) is 0.375. The second-order valence-corrected chi connectivity index (χ2v) is 7.92. The van der Waals surface area contributed by atoms with E-state index in [0.29, 0.717) is 10.8 Å². The molecule has 8 heteroatoms. The summed E-state index contributed by atoms with van der Waals surface area (Å²) in [6.07, 6.45) is 3.67. The normalized spacial score (nSPS) is 14.6. The van der Waals surface area contributed by atoms with Crippen molar-refractivity contribution in [1.82, 2.24) is 14.9 Å². The summed E-state index contributed by atoms with van der Waals surface area (Å²) in [7, 11) is 1.52. The van der Waals surface area contributed by atoms with E-state index in [1.807, 2.05) is 12.1 Å². The van der Waals surface area contributed by atoms with Crippen LogP contribution in [0.5, 0.6) is 5.75 Å². The molecule has 3 rings (SSSR count). The van der Waals surface area contributed by atoms with Crippen LogP contribution >= 0.6 is 0 Å². The number of aryl methyl sites for hydroxylation is 1. The zero-order valence-corrected chi connectivity index (χ0v) is 18.4. The molecule has 4 amide bonds. The number of likely N-dealkylation sites (N-methyl/N-ethyl adjacent to an activating group) is 1. The van der Waals surface area contributed by atoms with Crippen LogP contribution in [0.2, 0.25) is 0 Å². The monoisotopic (exact) mass is 439 g/mol. The summed E-state index contributed by atoms with van der Waals surface area (Å²) in [6.45, 7) is 1.92. The van der Waals surface area contributed by atoms with Gasteiger partial charge in [-0.2, -0.15) is 0 Å². The average Bonchev–Trinajstić information content (AvgIpc) is 3.06. The summed E-state index contributed by atoms with van der Waals surface area (Å²) >= 11 is 0. The van der Waals surface area contributed by atoms with E-state index in [1.165, 1.54) is 30.4 Å². The lowest BCUT2D eigenvalue weighted by atomic mass is 10.0. The van der Waals surface area contributed by atoms with Crippen LogP contribution in [-0.4, -0.2) is 71.2 Å². The molecule has 1 aliphatic rings. The van der Waals surface area contributed by atoms with Crippen molar-refractivity contribution in [2.45, 2.75) is 32.2 Å². The maximum atomic E-state index is 12.1. The summed E-state index contributed by atoms with van der Waals surface area (Å²) in [4.78, 5) is 37.4. The van der Waals surface area contributed by atoms with Gasteiger partial charge in [0.2, 0.25) is 12.3 Å². The van der Waals surface area contributed by atoms with Crippen LogP contribution in [0.3, 0.4) is 0 Å². The van der Waals surface area contributed by atoms with E-state index in [0.717, 1.165) is 22.4 Å². The van der Waals surface area contributed by atoms with E-state index in [-0.39, 0.29) is 32.0 Å². The van der Waals surface area contributed by atoms with Crippen molar-refractivity contribution in [2.75, 3.05) is 26.7 Å². The lowest BCUT2D eigenvalue weighted by molar-refractivity contribution is -0.164. The number of urea groups is 1. The molecule has 1 unspecified atom stereocenters. The minimum Gasteiger partial charge on any atom is -0.491 e. The molecule has 1 atom stereocenters. The van der Waals surface area contributed by atoms with E-state index < -0.39 is 12.1 Å². The van der Waals surface area contributed by atoms with Crippen LogP contribution < -0.4 is 4.74 Å². The van der Waals surface area contributed by atoms with E-state index in [9.17, 15) is 19.6 Å². The van der Waals surface area contributed by atoms with Crippen molar-refractivity contribution >= 4 is 18.3 Å². The number of carbonyl (C=O) groups is 3. The minimum absolute atomic E-state index is 0.0278. The Labute approximate surface area is 187 Å². The molecule has 0 saturated carbocycles. The van der Waals surface area contributed by atoms with Gasteiger partial charge >= 0.3 is 6.03 Å². The lowest BCUT2D eigenvalue weighted by Gasteiger charge is -2.26. The van der Waals surface area contributed by atoms with Gasteiger partial charge in [-0.05, 0) is 41.7 Å².